The summed E-state index contributed by atoms with van der Waals surface area (Å²) in [5.41, 5.74) is 0. The van der Waals surface area contributed by atoms with Crippen LogP contribution in [0.1, 0.15) is 66.2 Å². The van der Waals surface area contributed by atoms with Crippen LogP contribution in [0.5, 0.6) is 0 Å². The molecule has 2 heterocycles. The number of hydrogen-bond donors (Lipinski definition) is 1. The molecule has 0 aliphatic carbocycles. The van der Waals surface area contributed by atoms with Gasteiger partial charge in [0.25, 0.3) is 0 Å². The van der Waals surface area contributed by atoms with Crippen LogP contribution < -0.4 is 5.32 Å². The Kier molecular flexibility index (Phi) is 5.08. The Morgan fingerprint density at radius 3 is 2.22 bits per heavy atom. The summed E-state index contributed by atoms with van der Waals surface area (Å²) in [6.07, 6.45) is 8.20. The third kappa shape index (κ3) is 3.08. The zero-order chi connectivity index (χ0) is 13.1. The van der Waals surface area contributed by atoms with Gasteiger partial charge >= 0.3 is 0 Å². The highest BCUT2D eigenvalue weighted by Crippen LogP contribution is 2.32. The normalized spacial score (nSPS) is 34.8. The molecule has 2 heteroatoms. The summed E-state index contributed by atoms with van der Waals surface area (Å²) < 4.78 is 0. The first kappa shape index (κ1) is 14.3. The van der Waals surface area contributed by atoms with E-state index in [1.807, 2.05) is 0 Å². The van der Waals surface area contributed by atoms with E-state index < -0.39 is 0 Å². The molecule has 2 bridgehead atoms. The molecule has 2 saturated heterocycles. The third-order valence-corrected chi connectivity index (χ3v) is 5.39. The number of piperidine rings is 1. The molecule has 106 valence electrons. The van der Waals surface area contributed by atoms with Gasteiger partial charge in [0.2, 0.25) is 0 Å². The Balaban J connectivity index is 2.00. The molecular formula is C16H32N2. The van der Waals surface area contributed by atoms with Gasteiger partial charge in [-0.05, 0) is 51.5 Å². The van der Waals surface area contributed by atoms with Crippen LogP contribution in [0.3, 0.4) is 0 Å². The van der Waals surface area contributed by atoms with Gasteiger partial charge in [-0.25, -0.2) is 0 Å². The zero-order valence-electron chi connectivity index (χ0n) is 12.8. The van der Waals surface area contributed by atoms with Gasteiger partial charge in [0.15, 0.2) is 0 Å². The quantitative estimate of drug-likeness (QED) is 0.779. The van der Waals surface area contributed by atoms with E-state index in [0.29, 0.717) is 0 Å². The van der Waals surface area contributed by atoms with Crippen molar-refractivity contribution >= 4 is 0 Å². The Hall–Kier alpha value is -0.0800. The Morgan fingerprint density at radius 1 is 1.11 bits per heavy atom. The van der Waals surface area contributed by atoms with Crippen LogP contribution in [0.2, 0.25) is 0 Å². The van der Waals surface area contributed by atoms with Gasteiger partial charge in [-0.15, -0.1) is 0 Å². The minimum atomic E-state index is 0.748. The molecule has 2 fully saturated rings. The van der Waals surface area contributed by atoms with Crippen LogP contribution in [0.4, 0.5) is 0 Å². The minimum absolute atomic E-state index is 0.748. The van der Waals surface area contributed by atoms with Crippen LogP contribution in [0.25, 0.3) is 0 Å². The molecule has 18 heavy (non-hydrogen) atoms. The van der Waals surface area contributed by atoms with Gasteiger partial charge < -0.3 is 5.32 Å². The first-order chi connectivity index (χ1) is 8.65. The summed E-state index contributed by atoms with van der Waals surface area (Å²) in [5, 5.41) is 3.77. The number of nitrogens with zero attached hydrogens (tertiary/aromatic N) is 1. The molecule has 2 aliphatic rings. The van der Waals surface area contributed by atoms with Crippen LogP contribution in [-0.4, -0.2) is 35.6 Å². The number of nitrogens with one attached hydrogen (secondary N) is 1. The van der Waals surface area contributed by atoms with Crippen molar-refractivity contribution in [1.82, 2.24) is 10.2 Å². The number of fused-ring (bicyclic) bond motifs is 2. The molecule has 4 atom stereocenters. The largest absolute Gasteiger partial charge is 0.311 e. The maximum atomic E-state index is 3.77. The van der Waals surface area contributed by atoms with Crippen LogP contribution >= 0.6 is 0 Å². The lowest BCUT2D eigenvalue weighted by atomic mass is 9.92. The highest BCUT2D eigenvalue weighted by molar-refractivity contribution is 4.96. The molecule has 0 radical (unpaired) electrons. The molecule has 2 aliphatic heterocycles. The Bertz CT molecular complexity index is 241. The molecule has 0 aromatic carbocycles. The predicted molar refractivity (Wildman–Crippen MR) is 78.9 cm³/mol. The summed E-state index contributed by atoms with van der Waals surface area (Å²) in [6, 6.07) is 3.22. The molecule has 0 aromatic heterocycles. The van der Waals surface area contributed by atoms with E-state index in [1.54, 1.807) is 0 Å². The molecule has 2 rings (SSSR count). The summed E-state index contributed by atoms with van der Waals surface area (Å²) in [4.78, 5) is 2.83. The fraction of sp³-hybridized carbons (Fsp3) is 1.00. The van der Waals surface area contributed by atoms with Crippen LogP contribution in [0.15, 0.2) is 0 Å². The van der Waals surface area contributed by atoms with Crippen molar-refractivity contribution in [2.45, 2.75) is 90.4 Å². The van der Waals surface area contributed by atoms with E-state index in [-0.39, 0.29) is 0 Å². The van der Waals surface area contributed by atoms with Crippen molar-refractivity contribution in [3.63, 3.8) is 0 Å². The second-order valence-corrected chi connectivity index (χ2v) is 6.63. The standard InChI is InChI=1S/C16H32N2/c1-5-9-18(13(4)12(3)6-2)16-10-14-7-8-15(11-16)17-14/h12-17H,5-11H2,1-4H3. The van der Waals surface area contributed by atoms with Gasteiger partial charge in [0.1, 0.15) is 0 Å². The lowest BCUT2D eigenvalue weighted by Crippen LogP contribution is -2.52. The molecule has 2 nitrogen and oxygen atoms in total. The van der Waals surface area contributed by atoms with Gasteiger partial charge in [-0.3, -0.25) is 4.90 Å². The fourth-order valence-corrected chi connectivity index (χ4v) is 3.94. The minimum Gasteiger partial charge on any atom is -0.311 e. The highest BCUT2D eigenvalue weighted by Gasteiger charge is 2.37. The maximum absolute atomic E-state index is 3.77. The molecule has 4 unspecified atom stereocenters. The summed E-state index contributed by atoms with van der Waals surface area (Å²) in [6.45, 7) is 10.8. The third-order valence-electron chi connectivity index (χ3n) is 5.39. The van der Waals surface area contributed by atoms with Crippen molar-refractivity contribution < 1.29 is 0 Å². The van der Waals surface area contributed by atoms with Gasteiger partial charge in [0, 0.05) is 24.2 Å². The van der Waals surface area contributed by atoms with Gasteiger partial charge in [0.05, 0.1) is 0 Å². The van der Waals surface area contributed by atoms with E-state index in [4.69, 9.17) is 0 Å². The van der Waals surface area contributed by atoms with Crippen molar-refractivity contribution in [3.8, 4) is 0 Å². The summed E-state index contributed by atoms with van der Waals surface area (Å²) in [7, 11) is 0. The van der Waals surface area contributed by atoms with E-state index in [1.165, 1.54) is 45.1 Å². The van der Waals surface area contributed by atoms with Crippen LogP contribution in [0, 0.1) is 5.92 Å². The first-order valence-electron chi connectivity index (χ1n) is 8.17. The van der Waals surface area contributed by atoms with Crippen molar-refractivity contribution in [3.05, 3.63) is 0 Å². The molecular weight excluding hydrogens is 220 g/mol. The lowest BCUT2D eigenvalue weighted by Gasteiger charge is -2.43. The van der Waals surface area contributed by atoms with E-state index in [2.05, 4.69) is 37.9 Å². The predicted octanol–water partition coefficient (Wildman–Crippen LogP) is 3.42. The molecule has 0 aromatic rings. The van der Waals surface area contributed by atoms with Gasteiger partial charge in [-0.1, -0.05) is 27.2 Å². The molecule has 0 spiro atoms. The number of hydrogen-bond acceptors (Lipinski definition) is 2. The average molecular weight is 252 g/mol. The van der Waals surface area contributed by atoms with Gasteiger partial charge in [-0.2, -0.15) is 0 Å². The maximum Gasteiger partial charge on any atom is 0.0128 e. The SMILES string of the molecule is CCCN(C1CC2CCC(C1)N2)C(C)C(C)CC. The first-order valence-corrected chi connectivity index (χ1v) is 8.17. The highest BCUT2D eigenvalue weighted by atomic mass is 15.2. The average Bonchev–Trinajstić information content (AvgIpc) is 2.73. The second-order valence-electron chi connectivity index (χ2n) is 6.63. The van der Waals surface area contributed by atoms with Crippen LogP contribution in [-0.2, 0) is 0 Å². The monoisotopic (exact) mass is 252 g/mol. The Labute approximate surface area is 114 Å². The topological polar surface area (TPSA) is 15.3 Å². The second kappa shape index (κ2) is 6.38. The zero-order valence-corrected chi connectivity index (χ0v) is 12.8. The molecule has 0 amide bonds. The van der Waals surface area contributed by atoms with Crippen molar-refractivity contribution in [2.75, 3.05) is 6.54 Å². The fourth-order valence-electron chi connectivity index (χ4n) is 3.94. The summed E-state index contributed by atoms with van der Waals surface area (Å²) in [5.74, 6) is 0.823. The molecule has 1 N–H and O–H groups in total. The van der Waals surface area contributed by atoms with E-state index >= 15 is 0 Å². The van der Waals surface area contributed by atoms with E-state index in [9.17, 15) is 0 Å². The lowest BCUT2D eigenvalue weighted by molar-refractivity contribution is 0.0739. The summed E-state index contributed by atoms with van der Waals surface area (Å²) >= 11 is 0. The molecule has 0 saturated carbocycles. The smallest absolute Gasteiger partial charge is 0.0128 e. The van der Waals surface area contributed by atoms with E-state index in [0.717, 1.165) is 30.1 Å². The Morgan fingerprint density at radius 2 is 1.72 bits per heavy atom. The number of rotatable bonds is 6. The van der Waals surface area contributed by atoms with Crippen molar-refractivity contribution in [2.24, 2.45) is 5.92 Å². The van der Waals surface area contributed by atoms with Crippen molar-refractivity contribution in [1.29, 1.82) is 0 Å².